The molecule has 0 bridgehead atoms. The van der Waals surface area contributed by atoms with Crippen LogP contribution in [-0.2, 0) is 14.3 Å². The third-order valence-corrected chi connectivity index (χ3v) is 5.60. The van der Waals surface area contributed by atoms with Gasteiger partial charge in [-0.2, -0.15) is 0 Å². The van der Waals surface area contributed by atoms with Crippen LogP contribution in [0, 0.1) is 6.92 Å². The van der Waals surface area contributed by atoms with Crippen LogP contribution in [0.3, 0.4) is 0 Å². The molecule has 9 heteroatoms. The van der Waals surface area contributed by atoms with Gasteiger partial charge in [0.2, 0.25) is 0 Å². The number of carbonyl (C=O) groups excluding carboxylic acids is 3. The highest BCUT2D eigenvalue weighted by molar-refractivity contribution is 9.10. The van der Waals surface area contributed by atoms with E-state index in [0.29, 0.717) is 22.5 Å². The number of Topliss-reactive ketones (excluding diaryl/α,β-unsaturated/α-hetero) is 1. The van der Waals surface area contributed by atoms with Crippen molar-refractivity contribution in [2.24, 2.45) is 0 Å². The van der Waals surface area contributed by atoms with Crippen LogP contribution in [0.1, 0.15) is 33.3 Å². The van der Waals surface area contributed by atoms with Crippen LogP contribution in [0.15, 0.2) is 69.2 Å². The van der Waals surface area contributed by atoms with Crippen LogP contribution in [0.25, 0.3) is 5.76 Å². The lowest BCUT2D eigenvalue weighted by atomic mass is 9.94. The van der Waals surface area contributed by atoms with E-state index in [1.165, 1.54) is 30.2 Å². The van der Waals surface area contributed by atoms with Gasteiger partial charge in [0.15, 0.2) is 5.82 Å². The van der Waals surface area contributed by atoms with Crippen molar-refractivity contribution in [1.82, 2.24) is 5.16 Å². The molecule has 1 aliphatic rings. The molecular formula is C23H17BrN2O6. The third-order valence-electron chi connectivity index (χ3n) is 5.07. The van der Waals surface area contributed by atoms with Crippen molar-refractivity contribution < 1.29 is 28.8 Å². The molecule has 1 aliphatic heterocycles. The smallest absolute Gasteiger partial charge is 0.337 e. The Hall–Kier alpha value is -3.72. The zero-order chi connectivity index (χ0) is 23.0. The summed E-state index contributed by atoms with van der Waals surface area (Å²) in [5, 5.41) is 14.9. The van der Waals surface area contributed by atoms with Crippen molar-refractivity contribution in [3.63, 3.8) is 0 Å². The normalized spacial score (nSPS) is 17.6. The highest BCUT2D eigenvalue weighted by atomic mass is 79.9. The van der Waals surface area contributed by atoms with Gasteiger partial charge >= 0.3 is 11.9 Å². The first-order valence-electron chi connectivity index (χ1n) is 9.50. The number of rotatable bonds is 4. The van der Waals surface area contributed by atoms with E-state index in [9.17, 15) is 19.5 Å². The molecule has 0 unspecified atom stereocenters. The molecule has 2 heterocycles. The minimum Gasteiger partial charge on any atom is -0.507 e. The number of amides is 1. The van der Waals surface area contributed by atoms with Gasteiger partial charge in [0.1, 0.15) is 11.5 Å². The first kappa shape index (κ1) is 21.5. The van der Waals surface area contributed by atoms with Gasteiger partial charge in [-0.25, -0.2) is 4.79 Å². The van der Waals surface area contributed by atoms with Crippen molar-refractivity contribution >= 4 is 45.2 Å². The number of carbonyl (C=O) groups is 3. The van der Waals surface area contributed by atoms with E-state index in [4.69, 9.17) is 9.26 Å². The molecule has 1 aromatic heterocycles. The fourth-order valence-corrected chi connectivity index (χ4v) is 3.80. The van der Waals surface area contributed by atoms with E-state index >= 15 is 0 Å². The van der Waals surface area contributed by atoms with Gasteiger partial charge in [0, 0.05) is 16.1 Å². The van der Waals surface area contributed by atoms with Gasteiger partial charge < -0.3 is 14.4 Å². The van der Waals surface area contributed by atoms with E-state index in [-0.39, 0.29) is 17.2 Å². The number of aryl methyl sites for hydroxylation is 1. The van der Waals surface area contributed by atoms with E-state index < -0.39 is 23.7 Å². The van der Waals surface area contributed by atoms with Gasteiger partial charge in [-0.05, 0) is 36.8 Å². The number of methoxy groups -OCH3 is 1. The molecule has 1 amide bonds. The van der Waals surface area contributed by atoms with Gasteiger partial charge in [0.05, 0.1) is 24.3 Å². The number of halogens is 1. The molecule has 2 aromatic carbocycles. The maximum absolute atomic E-state index is 13.0. The zero-order valence-corrected chi connectivity index (χ0v) is 18.6. The summed E-state index contributed by atoms with van der Waals surface area (Å²) >= 11 is 3.33. The summed E-state index contributed by atoms with van der Waals surface area (Å²) in [5.41, 5.74) is 1.08. The van der Waals surface area contributed by atoms with Gasteiger partial charge in [-0.15, -0.1) is 0 Å². The van der Waals surface area contributed by atoms with Crippen LogP contribution in [-0.4, -0.2) is 35.0 Å². The average molecular weight is 497 g/mol. The Morgan fingerprint density at radius 3 is 2.28 bits per heavy atom. The summed E-state index contributed by atoms with van der Waals surface area (Å²) in [6, 6.07) is 13.5. The molecule has 1 saturated heterocycles. The minimum absolute atomic E-state index is 0.0937. The number of ketones is 1. The Bertz CT molecular complexity index is 1240. The standard InChI is InChI=1S/C23H17BrN2O6/c1-12-11-17(25-32-12)26-19(13-3-5-15(6-4-13)23(30)31-2)18(21(28)22(26)29)20(27)14-7-9-16(24)10-8-14/h3-11,19,27H,1-2H3/t19-/m1/s1. The fourth-order valence-electron chi connectivity index (χ4n) is 3.53. The Kier molecular flexibility index (Phi) is 5.67. The summed E-state index contributed by atoms with van der Waals surface area (Å²) < 4.78 is 10.6. The van der Waals surface area contributed by atoms with Crippen molar-refractivity contribution in [1.29, 1.82) is 0 Å². The predicted molar refractivity (Wildman–Crippen MR) is 118 cm³/mol. The number of hydrogen-bond donors (Lipinski definition) is 1. The summed E-state index contributed by atoms with van der Waals surface area (Å²) in [7, 11) is 1.27. The summed E-state index contributed by atoms with van der Waals surface area (Å²) in [6.07, 6.45) is 0. The van der Waals surface area contributed by atoms with Gasteiger partial charge in [-0.3, -0.25) is 14.5 Å². The van der Waals surface area contributed by atoms with Crippen molar-refractivity contribution in [3.05, 3.63) is 87.1 Å². The quantitative estimate of drug-likeness (QED) is 0.250. The molecule has 4 rings (SSSR count). The van der Waals surface area contributed by atoms with Crippen LogP contribution < -0.4 is 4.90 Å². The Balaban J connectivity index is 1.90. The van der Waals surface area contributed by atoms with Crippen LogP contribution in [0.4, 0.5) is 5.82 Å². The lowest BCUT2D eigenvalue weighted by Gasteiger charge is -2.23. The second-order valence-electron chi connectivity index (χ2n) is 7.09. The van der Waals surface area contributed by atoms with Gasteiger partial charge in [-0.1, -0.05) is 45.4 Å². The number of aliphatic hydroxyl groups excluding tert-OH is 1. The average Bonchev–Trinajstić information content (AvgIpc) is 3.34. The SMILES string of the molecule is COC(=O)c1ccc([C@@H]2C(=C(O)c3ccc(Br)cc3)C(=O)C(=O)N2c2cc(C)on2)cc1. The first-order chi connectivity index (χ1) is 15.3. The van der Waals surface area contributed by atoms with Crippen LogP contribution in [0.2, 0.25) is 0 Å². The van der Waals surface area contributed by atoms with E-state index in [2.05, 4.69) is 21.1 Å². The molecule has 3 aromatic rings. The van der Waals surface area contributed by atoms with Crippen molar-refractivity contribution in [2.45, 2.75) is 13.0 Å². The molecule has 0 spiro atoms. The number of aliphatic hydroxyl groups is 1. The molecule has 0 radical (unpaired) electrons. The molecule has 162 valence electrons. The van der Waals surface area contributed by atoms with Gasteiger partial charge in [0.25, 0.3) is 5.78 Å². The summed E-state index contributed by atoms with van der Waals surface area (Å²) in [4.78, 5) is 39.0. The first-order valence-corrected chi connectivity index (χ1v) is 10.3. The number of benzene rings is 2. The Morgan fingerprint density at radius 1 is 1.09 bits per heavy atom. The highest BCUT2D eigenvalue weighted by Gasteiger charge is 2.48. The topological polar surface area (TPSA) is 110 Å². The third kappa shape index (κ3) is 3.71. The number of ether oxygens (including phenoxy) is 1. The fraction of sp³-hybridized carbons (Fsp3) is 0.130. The summed E-state index contributed by atoms with van der Waals surface area (Å²) in [6.45, 7) is 1.66. The molecular weight excluding hydrogens is 480 g/mol. The lowest BCUT2D eigenvalue weighted by molar-refractivity contribution is -0.132. The monoisotopic (exact) mass is 496 g/mol. The number of aromatic nitrogens is 1. The Labute approximate surface area is 191 Å². The second-order valence-corrected chi connectivity index (χ2v) is 8.00. The van der Waals surface area contributed by atoms with E-state index in [1.54, 1.807) is 43.3 Å². The lowest BCUT2D eigenvalue weighted by Crippen LogP contribution is -2.29. The number of nitrogens with zero attached hydrogens (tertiary/aromatic N) is 2. The maximum atomic E-state index is 13.0. The Morgan fingerprint density at radius 2 is 1.72 bits per heavy atom. The minimum atomic E-state index is -0.977. The largest absolute Gasteiger partial charge is 0.507 e. The second kappa shape index (κ2) is 8.43. The molecule has 0 saturated carbocycles. The summed E-state index contributed by atoms with van der Waals surface area (Å²) in [5.74, 6) is -1.95. The predicted octanol–water partition coefficient (Wildman–Crippen LogP) is 4.16. The molecule has 1 fully saturated rings. The molecule has 1 atom stereocenters. The van der Waals surface area contributed by atoms with Crippen molar-refractivity contribution in [2.75, 3.05) is 12.0 Å². The highest BCUT2D eigenvalue weighted by Crippen LogP contribution is 2.42. The van der Waals surface area contributed by atoms with E-state index in [1.807, 2.05) is 0 Å². The van der Waals surface area contributed by atoms with Crippen LogP contribution >= 0.6 is 15.9 Å². The number of hydrogen-bond acceptors (Lipinski definition) is 7. The molecule has 1 N–H and O–H groups in total. The van der Waals surface area contributed by atoms with E-state index in [0.717, 1.165) is 4.47 Å². The molecule has 0 aliphatic carbocycles. The molecule has 8 nitrogen and oxygen atoms in total. The molecule has 32 heavy (non-hydrogen) atoms. The maximum Gasteiger partial charge on any atom is 0.337 e. The van der Waals surface area contributed by atoms with Crippen molar-refractivity contribution in [3.8, 4) is 0 Å². The number of esters is 1. The zero-order valence-electron chi connectivity index (χ0n) is 17.0. The number of anilines is 1. The van der Waals surface area contributed by atoms with Crippen LogP contribution in [0.5, 0.6) is 0 Å².